The topological polar surface area (TPSA) is 125 Å². The van der Waals surface area contributed by atoms with Gasteiger partial charge < -0.3 is 29.7 Å². The number of amides is 3. The summed E-state index contributed by atoms with van der Waals surface area (Å²) in [7, 11) is 0. The number of fused-ring (bicyclic) bond motifs is 1. The van der Waals surface area contributed by atoms with Gasteiger partial charge in [0.05, 0.1) is 24.5 Å². The number of hydrogen-bond donors (Lipinski definition) is 2. The largest absolute Gasteiger partial charge is 0.460 e. The van der Waals surface area contributed by atoms with Crippen molar-refractivity contribution in [2.45, 2.75) is 107 Å². The van der Waals surface area contributed by atoms with Crippen LogP contribution in [0.1, 0.15) is 72.6 Å². The molecule has 0 aromatic carbocycles. The molecule has 1 spiro atoms. The lowest BCUT2D eigenvalue weighted by molar-refractivity contribution is -0.159. The Hall–Kier alpha value is -2.24. The molecule has 3 aliphatic heterocycles. The summed E-state index contributed by atoms with van der Waals surface area (Å²) in [6.07, 6.45) is 6.32. The van der Waals surface area contributed by atoms with E-state index in [1.165, 1.54) is 0 Å². The molecule has 0 aliphatic carbocycles. The number of unbranched alkanes of at least 4 members (excludes halogenated alkanes) is 3. The summed E-state index contributed by atoms with van der Waals surface area (Å²) in [4.78, 5) is 57.3. The van der Waals surface area contributed by atoms with E-state index in [4.69, 9.17) is 14.6 Å². The first-order valence-electron chi connectivity index (χ1n) is 15.1. The van der Waals surface area contributed by atoms with Crippen molar-refractivity contribution in [1.29, 1.82) is 0 Å². The molecule has 3 fully saturated rings. The Labute approximate surface area is 258 Å². The number of hydrogen-bond acceptors (Lipinski definition) is 7. The van der Waals surface area contributed by atoms with E-state index in [0.29, 0.717) is 45.2 Å². The van der Waals surface area contributed by atoms with E-state index in [9.17, 15) is 19.2 Å². The van der Waals surface area contributed by atoms with Gasteiger partial charge >= 0.3 is 5.97 Å². The maximum atomic E-state index is 14.4. The van der Waals surface area contributed by atoms with Crippen LogP contribution in [0, 0.1) is 11.8 Å². The molecule has 2 N–H and O–H groups in total. The van der Waals surface area contributed by atoms with Gasteiger partial charge in [0, 0.05) is 36.5 Å². The van der Waals surface area contributed by atoms with E-state index >= 15 is 0 Å². The molecule has 0 aromatic heterocycles. The summed E-state index contributed by atoms with van der Waals surface area (Å²) >= 11 is 3.69. The van der Waals surface area contributed by atoms with Crippen molar-refractivity contribution in [2.75, 3.05) is 26.2 Å². The van der Waals surface area contributed by atoms with Crippen LogP contribution in [0.5, 0.6) is 0 Å². The predicted molar refractivity (Wildman–Crippen MR) is 163 cm³/mol. The number of aliphatic hydroxyl groups is 1. The van der Waals surface area contributed by atoms with Crippen LogP contribution in [-0.4, -0.2) is 99.1 Å². The standard InChI is InChI=1S/C31H48BrN3O7/c1-7-9-14-22(37)33-19-20(3)41-29(40)23-24-27(38)34(16-12-10-11-13-17-36)26(31(24)18-21(32)25(23)42-31)28(39)35(15-8-2)30(4,5)6/h7-8,20-21,23-26,36H,1-2,9-19H2,3-6H3,(H,33,37)/t20-,21?,23+,24-,25+,26+,31-/m1/s1. The van der Waals surface area contributed by atoms with Crippen LogP contribution in [0.25, 0.3) is 0 Å². The lowest BCUT2D eigenvalue weighted by Crippen LogP contribution is -2.60. The van der Waals surface area contributed by atoms with Crippen molar-refractivity contribution in [3.63, 3.8) is 0 Å². The zero-order chi connectivity index (χ0) is 31.2. The first kappa shape index (κ1) is 34.3. The molecule has 236 valence electrons. The van der Waals surface area contributed by atoms with E-state index in [2.05, 4.69) is 34.4 Å². The molecule has 11 heteroatoms. The SMILES string of the molecule is C=CCCC(=O)NC[C@@H](C)OC(=O)[C@@H]1[C@H]2O[C@@]3(CC2Br)[C@H](C(=O)N(CC=C)C(C)(C)C)N(CCCCCCO)C(=O)[C@@H]13. The fourth-order valence-corrected chi connectivity index (χ4v) is 7.48. The molecular formula is C31H48BrN3O7. The average molecular weight is 655 g/mol. The van der Waals surface area contributed by atoms with Crippen molar-refractivity contribution in [3.8, 4) is 0 Å². The van der Waals surface area contributed by atoms with Crippen molar-refractivity contribution in [1.82, 2.24) is 15.1 Å². The van der Waals surface area contributed by atoms with Crippen LogP contribution < -0.4 is 5.32 Å². The monoisotopic (exact) mass is 653 g/mol. The molecular weight excluding hydrogens is 606 g/mol. The number of allylic oxidation sites excluding steroid dienone is 1. The third kappa shape index (κ3) is 7.10. The van der Waals surface area contributed by atoms with Gasteiger partial charge in [0.1, 0.15) is 17.7 Å². The van der Waals surface area contributed by atoms with Crippen molar-refractivity contribution < 1.29 is 33.8 Å². The lowest BCUT2D eigenvalue weighted by Gasteiger charge is -2.42. The minimum atomic E-state index is -1.17. The lowest BCUT2D eigenvalue weighted by atomic mass is 9.70. The highest BCUT2D eigenvalue weighted by Gasteiger charge is 2.77. The molecule has 3 heterocycles. The van der Waals surface area contributed by atoms with Crippen LogP contribution in [0.3, 0.4) is 0 Å². The quantitative estimate of drug-likeness (QED) is 0.113. The number of rotatable bonds is 16. The van der Waals surface area contributed by atoms with Gasteiger partial charge in [-0.05, 0) is 53.4 Å². The number of carbonyl (C=O) groups excluding carboxylic acids is 4. The number of ether oxygens (including phenoxy) is 2. The second kappa shape index (κ2) is 14.5. The molecule has 3 saturated heterocycles. The number of carbonyl (C=O) groups is 4. The molecule has 7 atom stereocenters. The Bertz CT molecular complexity index is 1030. The average Bonchev–Trinajstić information content (AvgIpc) is 3.51. The molecule has 3 aliphatic rings. The zero-order valence-electron chi connectivity index (χ0n) is 25.5. The van der Waals surface area contributed by atoms with E-state index in [1.807, 2.05) is 20.8 Å². The summed E-state index contributed by atoms with van der Waals surface area (Å²) < 4.78 is 12.3. The normalized spacial score (nSPS) is 28.8. The van der Waals surface area contributed by atoms with E-state index in [1.54, 1.807) is 28.9 Å². The van der Waals surface area contributed by atoms with Crippen LogP contribution in [0.15, 0.2) is 25.3 Å². The fourth-order valence-electron chi connectivity index (χ4n) is 6.53. The highest BCUT2D eigenvalue weighted by atomic mass is 79.9. The van der Waals surface area contributed by atoms with Gasteiger partial charge in [0.15, 0.2) is 0 Å². The number of nitrogens with one attached hydrogen (secondary N) is 1. The third-order valence-corrected chi connectivity index (χ3v) is 9.31. The highest BCUT2D eigenvalue weighted by Crippen LogP contribution is 2.60. The predicted octanol–water partition coefficient (Wildman–Crippen LogP) is 3.11. The molecule has 42 heavy (non-hydrogen) atoms. The Morgan fingerprint density at radius 3 is 2.55 bits per heavy atom. The van der Waals surface area contributed by atoms with Gasteiger partial charge in [0.2, 0.25) is 17.7 Å². The summed E-state index contributed by atoms with van der Waals surface area (Å²) in [5.74, 6) is -2.95. The maximum absolute atomic E-state index is 14.4. The van der Waals surface area contributed by atoms with Crippen LogP contribution in [-0.2, 0) is 28.7 Å². The highest BCUT2D eigenvalue weighted by molar-refractivity contribution is 9.09. The maximum Gasteiger partial charge on any atom is 0.312 e. The molecule has 0 saturated carbocycles. The Balaban J connectivity index is 1.88. The second-order valence-corrected chi connectivity index (χ2v) is 13.8. The van der Waals surface area contributed by atoms with Crippen molar-refractivity contribution >= 4 is 39.6 Å². The van der Waals surface area contributed by atoms with Gasteiger partial charge in [-0.3, -0.25) is 19.2 Å². The third-order valence-electron chi connectivity index (χ3n) is 8.47. The van der Waals surface area contributed by atoms with Crippen LogP contribution >= 0.6 is 15.9 Å². The summed E-state index contributed by atoms with van der Waals surface area (Å²) in [6.45, 7) is 15.9. The molecule has 1 unspecified atom stereocenters. The fraction of sp³-hybridized carbons (Fsp3) is 0.742. The van der Waals surface area contributed by atoms with Crippen LogP contribution in [0.2, 0.25) is 0 Å². The molecule has 0 radical (unpaired) electrons. The molecule has 10 nitrogen and oxygen atoms in total. The second-order valence-electron chi connectivity index (χ2n) is 12.6. The molecule has 3 rings (SSSR count). The van der Waals surface area contributed by atoms with Gasteiger partial charge in [-0.15, -0.1) is 13.2 Å². The van der Waals surface area contributed by atoms with Gasteiger partial charge in [-0.25, -0.2) is 0 Å². The zero-order valence-corrected chi connectivity index (χ0v) is 27.1. The molecule has 2 bridgehead atoms. The number of halogens is 1. The van der Waals surface area contributed by atoms with Crippen LogP contribution in [0.4, 0.5) is 0 Å². The summed E-state index contributed by atoms with van der Waals surface area (Å²) in [5, 5.41) is 11.9. The number of alkyl halides is 1. The number of esters is 1. The smallest absolute Gasteiger partial charge is 0.312 e. The summed E-state index contributed by atoms with van der Waals surface area (Å²) in [6, 6.07) is -0.892. The van der Waals surface area contributed by atoms with E-state index < -0.39 is 47.2 Å². The number of aliphatic hydroxyl groups excluding tert-OH is 1. The molecule has 0 aromatic rings. The number of nitrogens with zero attached hydrogens (tertiary/aromatic N) is 2. The minimum absolute atomic E-state index is 0.111. The first-order chi connectivity index (χ1) is 19.8. The summed E-state index contributed by atoms with van der Waals surface area (Å²) in [5.41, 5.74) is -1.71. The Morgan fingerprint density at radius 2 is 1.93 bits per heavy atom. The van der Waals surface area contributed by atoms with Gasteiger partial charge in [-0.2, -0.15) is 0 Å². The van der Waals surface area contributed by atoms with Crippen molar-refractivity contribution in [2.24, 2.45) is 11.8 Å². The number of likely N-dealkylation sites (tertiary alicyclic amines) is 1. The minimum Gasteiger partial charge on any atom is -0.460 e. The molecule has 3 amide bonds. The Kier molecular flexibility index (Phi) is 11.8. The Morgan fingerprint density at radius 1 is 1.24 bits per heavy atom. The first-order valence-corrected chi connectivity index (χ1v) is 16.0. The van der Waals surface area contributed by atoms with Crippen molar-refractivity contribution in [3.05, 3.63) is 25.3 Å². The van der Waals surface area contributed by atoms with E-state index in [-0.39, 0.29) is 35.7 Å². The van der Waals surface area contributed by atoms with E-state index in [0.717, 1.165) is 12.8 Å². The van der Waals surface area contributed by atoms with Gasteiger partial charge in [0.25, 0.3) is 0 Å². The van der Waals surface area contributed by atoms with Gasteiger partial charge in [-0.1, -0.05) is 40.9 Å².